The number of tetrazole rings is 1. The first kappa shape index (κ1) is 19.2. The Hall–Kier alpha value is -2.74. The van der Waals surface area contributed by atoms with E-state index in [-0.39, 0.29) is 17.7 Å². The number of fused-ring (bicyclic) bond motifs is 1. The second-order valence-corrected chi connectivity index (χ2v) is 7.68. The van der Waals surface area contributed by atoms with E-state index in [9.17, 15) is 15.3 Å². The van der Waals surface area contributed by atoms with Gasteiger partial charge in [0.15, 0.2) is 23.2 Å². The Bertz CT molecular complexity index is 1000. The number of nitrogens with one attached hydrogen (secondary N) is 2. The molecule has 3 aromatic rings. The number of aliphatic hydroxyl groups excluding tert-OH is 3. The summed E-state index contributed by atoms with van der Waals surface area (Å²) >= 11 is 0. The third-order valence-corrected chi connectivity index (χ3v) is 5.72. The maximum absolute atomic E-state index is 10.4. The minimum absolute atomic E-state index is 0.263. The summed E-state index contributed by atoms with van der Waals surface area (Å²) in [5.41, 5.74) is 0.902. The molecule has 13 heteroatoms. The van der Waals surface area contributed by atoms with E-state index in [1.54, 1.807) is 0 Å². The maximum Gasteiger partial charge on any atom is 0.217 e. The number of aromatic nitrogens is 8. The second-order valence-electron chi connectivity index (χ2n) is 7.68. The molecular formula is C17H23N9O4. The van der Waals surface area contributed by atoms with Gasteiger partial charge in [-0.05, 0) is 23.3 Å². The maximum atomic E-state index is 10.4. The van der Waals surface area contributed by atoms with Crippen LogP contribution in [0, 0.1) is 0 Å². The molecule has 5 N–H and O–H groups in total. The molecule has 3 aromatic heterocycles. The topological polar surface area (TPSA) is 180 Å². The van der Waals surface area contributed by atoms with Crippen LogP contribution in [0.3, 0.4) is 0 Å². The fourth-order valence-electron chi connectivity index (χ4n) is 4.11. The molecule has 1 aliphatic heterocycles. The summed E-state index contributed by atoms with van der Waals surface area (Å²) in [6.07, 6.45) is 2.77. The molecule has 1 aliphatic carbocycles. The van der Waals surface area contributed by atoms with Crippen LogP contribution >= 0.6 is 0 Å². The van der Waals surface area contributed by atoms with E-state index in [0.717, 1.165) is 25.7 Å². The summed E-state index contributed by atoms with van der Waals surface area (Å²) in [5.74, 6) is 1.10. The number of aromatic amines is 1. The molecule has 2 aliphatic rings. The molecule has 0 radical (unpaired) electrons. The van der Waals surface area contributed by atoms with E-state index in [4.69, 9.17) is 4.74 Å². The lowest BCUT2D eigenvalue weighted by Crippen LogP contribution is -2.33. The first-order valence-electron chi connectivity index (χ1n) is 10.0. The van der Waals surface area contributed by atoms with Gasteiger partial charge in [-0.25, -0.2) is 20.1 Å². The van der Waals surface area contributed by atoms with Crippen LogP contribution in [-0.2, 0) is 4.74 Å². The third-order valence-electron chi connectivity index (χ3n) is 5.72. The molecule has 0 spiro atoms. The van der Waals surface area contributed by atoms with Crippen LogP contribution in [0.5, 0.6) is 0 Å². The van der Waals surface area contributed by atoms with Crippen molar-refractivity contribution >= 4 is 17.0 Å². The van der Waals surface area contributed by atoms with Gasteiger partial charge in [0, 0.05) is 6.04 Å². The van der Waals surface area contributed by atoms with Crippen molar-refractivity contribution in [3.05, 3.63) is 6.33 Å². The van der Waals surface area contributed by atoms with Gasteiger partial charge in [-0.2, -0.15) is 0 Å². The molecule has 2 unspecified atom stereocenters. The van der Waals surface area contributed by atoms with Crippen LogP contribution in [0.15, 0.2) is 6.33 Å². The minimum Gasteiger partial charge on any atom is -0.394 e. The van der Waals surface area contributed by atoms with E-state index < -0.39 is 31.1 Å². The monoisotopic (exact) mass is 417 g/mol. The molecule has 0 amide bonds. The highest BCUT2D eigenvalue weighted by Crippen LogP contribution is 2.33. The Balaban J connectivity index is 1.58. The number of aliphatic hydroxyl groups is 3. The predicted octanol–water partition coefficient (Wildman–Crippen LogP) is -0.637. The van der Waals surface area contributed by atoms with Gasteiger partial charge in [-0.3, -0.25) is 4.57 Å². The molecule has 30 heavy (non-hydrogen) atoms. The van der Waals surface area contributed by atoms with Crippen molar-refractivity contribution in [1.82, 2.24) is 40.1 Å². The summed E-state index contributed by atoms with van der Waals surface area (Å²) in [7, 11) is 0. The molecule has 2 fully saturated rings. The zero-order valence-electron chi connectivity index (χ0n) is 16.1. The smallest absolute Gasteiger partial charge is 0.217 e. The lowest BCUT2D eigenvalue weighted by Gasteiger charge is -2.23. The van der Waals surface area contributed by atoms with Crippen molar-refractivity contribution in [3.8, 4) is 11.6 Å². The van der Waals surface area contributed by atoms with Crippen molar-refractivity contribution in [2.45, 2.75) is 62.7 Å². The van der Waals surface area contributed by atoms with E-state index >= 15 is 0 Å². The lowest BCUT2D eigenvalue weighted by molar-refractivity contribution is -0.0511. The van der Waals surface area contributed by atoms with Gasteiger partial charge < -0.3 is 25.4 Å². The van der Waals surface area contributed by atoms with Crippen molar-refractivity contribution in [1.29, 1.82) is 0 Å². The van der Waals surface area contributed by atoms with Crippen molar-refractivity contribution in [2.75, 3.05) is 11.9 Å². The number of hydrogen-bond donors (Lipinski definition) is 5. The number of imidazole rings is 1. The number of rotatable bonds is 5. The van der Waals surface area contributed by atoms with E-state index in [1.165, 1.54) is 17.3 Å². The predicted molar refractivity (Wildman–Crippen MR) is 102 cm³/mol. The largest absolute Gasteiger partial charge is 0.394 e. The summed E-state index contributed by atoms with van der Waals surface area (Å²) in [5, 5.41) is 47.2. The highest BCUT2D eigenvalue weighted by molar-refractivity contribution is 5.84. The summed E-state index contributed by atoms with van der Waals surface area (Å²) in [4.78, 5) is 13.5. The van der Waals surface area contributed by atoms with Crippen molar-refractivity contribution in [3.63, 3.8) is 0 Å². The van der Waals surface area contributed by atoms with E-state index in [0.29, 0.717) is 17.0 Å². The zero-order chi connectivity index (χ0) is 20.7. The Morgan fingerprint density at radius 1 is 1.17 bits per heavy atom. The minimum atomic E-state index is -1.25. The number of nitrogens with zero attached hydrogens (tertiary/aromatic N) is 7. The number of ether oxygens (including phenoxy) is 1. The molecule has 4 heterocycles. The third kappa shape index (κ3) is 3.29. The Labute approximate surface area is 170 Å². The van der Waals surface area contributed by atoms with E-state index in [1.807, 2.05) is 0 Å². The molecule has 1 saturated carbocycles. The highest BCUT2D eigenvalue weighted by atomic mass is 16.6. The summed E-state index contributed by atoms with van der Waals surface area (Å²) < 4.78 is 7.18. The fraction of sp³-hybridized carbons (Fsp3) is 0.647. The second kappa shape index (κ2) is 7.83. The lowest BCUT2D eigenvalue weighted by atomic mass is 9.95. The summed E-state index contributed by atoms with van der Waals surface area (Å²) in [6.45, 7) is -0.417. The Morgan fingerprint density at radius 2 is 2.00 bits per heavy atom. The van der Waals surface area contributed by atoms with Crippen LogP contribution in [0.4, 0.5) is 5.82 Å². The van der Waals surface area contributed by atoms with Gasteiger partial charge in [-0.15, -0.1) is 5.10 Å². The fourth-order valence-corrected chi connectivity index (χ4v) is 4.11. The van der Waals surface area contributed by atoms with Gasteiger partial charge in [0.25, 0.3) is 0 Å². The standard InChI is InChI=1S/C17H23N9O4/c27-6-9-11(28)12(29)17(30-9)26-7-18-10-13(19-8-4-2-1-3-5-8)20-14(21-16(10)26)15-22-24-25-23-15/h7-9,11-12,17,27-29H,1-6H2,(H,19,20,21)(H,22,23,24,25)/t9?,11?,12-,17+/m0/s1. The molecular weight excluding hydrogens is 394 g/mol. The van der Waals surface area contributed by atoms with Crippen LogP contribution in [0.2, 0.25) is 0 Å². The Kier molecular flexibility index (Phi) is 5.02. The average Bonchev–Trinajstić information content (AvgIpc) is 3.50. The van der Waals surface area contributed by atoms with Gasteiger partial charge in [-0.1, -0.05) is 19.3 Å². The molecule has 0 aromatic carbocycles. The van der Waals surface area contributed by atoms with Crippen LogP contribution < -0.4 is 5.32 Å². The quantitative estimate of drug-likeness (QED) is 0.356. The first-order chi connectivity index (χ1) is 14.7. The average molecular weight is 417 g/mol. The molecule has 1 saturated heterocycles. The highest BCUT2D eigenvalue weighted by Gasteiger charge is 2.44. The van der Waals surface area contributed by atoms with Crippen LogP contribution in [0.25, 0.3) is 22.8 Å². The van der Waals surface area contributed by atoms with E-state index in [2.05, 4.69) is 40.9 Å². The number of hydrogen-bond acceptors (Lipinski definition) is 11. The van der Waals surface area contributed by atoms with Gasteiger partial charge >= 0.3 is 0 Å². The summed E-state index contributed by atoms with van der Waals surface area (Å²) in [6, 6.07) is 0.275. The van der Waals surface area contributed by atoms with Crippen molar-refractivity contribution in [2.24, 2.45) is 0 Å². The normalized spacial score (nSPS) is 27.7. The van der Waals surface area contributed by atoms with Gasteiger partial charge in [0.05, 0.1) is 12.9 Å². The van der Waals surface area contributed by atoms with Crippen molar-refractivity contribution < 1.29 is 20.1 Å². The molecule has 5 rings (SSSR count). The van der Waals surface area contributed by atoms with Crippen LogP contribution in [-0.4, -0.2) is 86.4 Å². The van der Waals surface area contributed by atoms with Crippen LogP contribution in [0.1, 0.15) is 38.3 Å². The zero-order valence-corrected chi connectivity index (χ0v) is 16.1. The molecule has 13 nitrogen and oxygen atoms in total. The number of H-pyrrole nitrogens is 1. The molecule has 160 valence electrons. The Morgan fingerprint density at radius 3 is 2.70 bits per heavy atom. The first-order valence-corrected chi connectivity index (χ1v) is 10.0. The van der Waals surface area contributed by atoms with Gasteiger partial charge in [0.2, 0.25) is 11.6 Å². The SMILES string of the molecule is OCC1O[C@@H](n2cnc3c(NC4CCCCC4)nc(-c4nnn[nH]4)nc32)[C@@H](O)C1O. The van der Waals surface area contributed by atoms with Gasteiger partial charge in [0.1, 0.15) is 18.3 Å². The number of anilines is 1. The molecule has 0 bridgehead atoms. The molecule has 4 atom stereocenters.